The van der Waals surface area contributed by atoms with Crippen LogP contribution in [0.5, 0.6) is 0 Å². The van der Waals surface area contributed by atoms with Gasteiger partial charge in [-0.05, 0) is 40.1 Å². The lowest BCUT2D eigenvalue weighted by Crippen LogP contribution is -2.19. The summed E-state index contributed by atoms with van der Waals surface area (Å²) in [4.78, 5) is 0. The van der Waals surface area contributed by atoms with E-state index in [1.165, 1.54) is 0 Å². The van der Waals surface area contributed by atoms with Crippen LogP contribution in [0.3, 0.4) is 0 Å². The van der Waals surface area contributed by atoms with E-state index in [9.17, 15) is 5.11 Å². The topological polar surface area (TPSA) is 46.2 Å². The molecular weight excluding hydrogens is 254 g/mol. The molecule has 0 aliphatic carbocycles. The maximum atomic E-state index is 10.3. The lowest BCUT2D eigenvalue weighted by molar-refractivity contribution is 0.148. The summed E-state index contributed by atoms with van der Waals surface area (Å²) in [5, 5.41) is 14.9. The molecular formula is C13H14ClNOS. The number of nitrogens with two attached hydrogens (primary N) is 1. The Kier molecular flexibility index (Phi) is 4.18. The van der Waals surface area contributed by atoms with Gasteiger partial charge in [0, 0.05) is 17.5 Å². The molecule has 0 saturated carbocycles. The zero-order chi connectivity index (χ0) is 12.3. The zero-order valence-electron chi connectivity index (χ0n) is 9.21. The first-order valence-corrected chi connectivity index (χ1v) is 6.70. The van der Waals surface area contributed by atoms with Gasteiger partial charge in [0.1, 0.15) is 0 Å². The van der Waals surface area contributed by atoms with E-state index in [2.05, 4.69) is 0 Å². The molecule has 0 amide bonds. The summed E-state index contributed by atoms with van der Waals surface area (Å²) < 4.78 is 0. The number of aliphatic hydroxyl groups excluding tert-OH is 1. The average Bonchev–Trinajstić information content (AvgIpc) is 2.86. The minimum absolute atomic E-state index is 0.0955. The third kappa shape index (κ3) is 2.87. The Hall–Kier alpha value is -0.870. The highest BCUT2D eigenvalue weighted by molar-refractivity contribution is 7.07. The summed E-state index contributed by atoms with van der Waals surface area (Å²) in [5.74, 6) is -0.0955. The normalized spacial score (nSPS) is 14.5. The maximum Gasteiger partial charge on any atom is 0.0878 e. The number of rotatable bonds is 4. The lowest BCUT2D eigenvalue weighted by Gasteiger charge is -2.21. The molecule has 0 radical (unpaired) electrons. The summed E-state index contributed by atoms with van der Waals surface area (Å²) in [6.45, 7) is 0.401. The van der Waals surface area contributed by atoms with Gasteiger partial charge < -0.3 is 10.8 Å². The van der Waals surface area contributed by atoms with E-state index < -0.39 is 6.10 Å². The van der Waals surface area contributed by atoms with Crippen LogP contribution >= 0.6 is 22.9 Å². The number of aliphatic hydroxyl groups is 1. The van der Waals surface area contributed by atoms with E-state index in [0.29, 0.717) is 11.6 Å². The molecule has 3 N–H and O–H groups in total. The minimum atomic E-state index is -0.563. The van der Waals surface area contributed by atoms with Gasteiger partial charge in [0.2, 0.25) is 0 Å². The summed E-state index contributed by atoms with van der Waals surface area (Å²) in [6.07, 6.45) is -0.563. The fourth-order valence-corrected chi connectivity index (χ4v) is 2.65. The SMILES string of the molecule is NCC(c1ccc(Cl)cc1)C(O)c1ccsc1. The van der Waals surface area contributed by atoms with Crippen molar-refractivity contribution < 1.29 is 5.11 Å². The van der Waals surface area contributed by atoms with Crippen LogP contribution in [0.2, 0.25) is 5.02 Å². The highest BCUT2D eigenvalue weighted by Gasteiger charge is 2.21. The van der Waals surface area contributed by atoms with Crippen molar-refractivity contribution in [2.75, 3.05) is 6.54 Å². The van der Waals surface area contributed by atoms with Gasteiger partial charge in [0.15, 0.2) is 0 Å². The van der Waals surface area contributed by atoms with Gasteiger partial charge in [-0.25, -0.2) is 0 Å². The zero-order valence-corrected chi connectivity index (χ0v) is 10.8. The molecule has 2 atom stereocenters. The van der Waals surface area contributed by atoms with Crippen LogP contribution in [0.25, 0.3) is 0 Å². The molecule has 0 fully saturated rings. The van der Waals surface area contributed by atoms with Crippen molar-refractivity contribution in [3.05, 3.63) is 57.2 Å². The van der Waals surface area contributed by atoms with Crippen molar-refractivity contribution in [1.29, 1.82) is 0 Å². The van der Waals surface area contributed by atoms with E-state index in [4.69, 9.17) is 17.3 Å². The molecule has 0 spiro atoms. The van der Waals surface area contributed by atoms with Crippen LogP contribution in [0, 0.1) is 0 Å². The number of thiophene rings is 1. The van der Waals surface area contributed by atoms with Gasteiger partial charge in [0.05, 0.1) is 6.10 Å². The van der Waals surface area contributed by atoms with Crippen molar-refractivity contribution in [2.45, 2.75) is 12.0 Å². The van der Waals surface area contributed by atoms with Gasteiger partial charge in [-0.2, -0.15) is 11.3 Å². The van der Waals surface area contributed by atoms with Crippen molar-refractivity contribution in [3.63, 3.8) is 0 Å². The maximum absolute atomic E-state index is 10.3. The van der Waals surface area contributed by atoms with Gasteiger partial charge in [0.25, 0.3) is 0 Å². The van der Waals surface area contributed by atoms with Gasteiger partial charge in [-0.15, -0.1) is 0 Å². The van der Waals surface area contributed by atoms with Crippen molar-refractivity contribution in [1.82, 2.24) is 0 Å². The first-order valence-electron chi connectivity index (χ1n) is 5.38. The molecule has 1 heterocycles. The van der Waals surface area contributed by atoms with Crippen molar-refractivity contribution >= 4 is 22.9 Å². The Balaban J connectivity index is 2.24. The fraction of sp³-hybridized carbons (Fsp3) is 0.231. The van der Waals surface area contributed by atoms with Gasteiger partial charge in [-0.1, -0.05) is 23.7 Å². The first kappa shape index (κ1) is 12.6. The summed E-state index contributed by atoms with van der Waals surface area (Å²) >= 11 is 7.42. The van der Waals surface area contributed by atoms with Gasteiger partial charge >= 0.3 is 0 Å². The molecule has 0 aliphatic rings. The Morgan fingerprint density at radius 1 is 1.18 bits per heavy atom. The molecule has 2 nitrogen and oxygen atoms in total. The lowest BCUT2D eigenvalue weighted by atomic mass is 9.90. The van der Waals surface area contributed by atoms with Crippen LogP contribution in [-0.4, -0.2) is 11.7 Å². The van der Waals surface area contributed by atoms with Crippen LogP contribution in [0.4, 0.5) is 0 Å². The van der Waals surface area contributed by atoms with Crippen LogP contribution in [-0.2, 0) is 0 Å². The standard InChI is InChI=1S/C13H14ClNOS/c14-11-3-1-9(2-4-11)12(7-15)13(16)10-5-6-17-8-10/h1-6,8,12-13,16H,7,15H2. The quantitative estimate of drug-likeness (QED) is 0.894. The second-order valence-corrected chi connectivity index (χ2v) is 5.11. The third-order valence-electron chi connectivity index (χ3n) is 2.82. The molecule has 1 aromatic heterocycles. The Labute approximate surface area is 110 Å². The molecule has 0 saturated heterocycles. The third-order valence-corrected chi connectivity index (χ3v) is 3.77. The molecule has 1 aromatic carbocycles. The molecule has 90 valence electrons. The largest absolute Gasteiger partial charge is 0.388 e. The fourth-order valence-electron chi connectivity index (χ4n) is 1.83. The van der Waals surface area contributed by atoms with E-state index in [1.807, 2.05) is 41.1 Å². The second kappa shape index (κ2) is 5.65. The number of halogens is 1. The summed E-state index contributed by atoms with van der Waals surface area (Å²) in [7, 11) is 0. The van der Waals surface area contributed by atoms with Crippen molar-refractivity contribution in [2.24, 2.45) is 5.73 Å². The van der Waals surface area contributed by atoms with Gasteiger partial charge in [-0.3, -0.25) is 0 Å². The molecule has 4 heteroatoms. The van der Waals surface area contributed by atoms with Crippen molar-refractivity contribution in [3.8, 4) is 0 Å². The monoisotopic (exact) mass is 267 g/mol. The predicted octanol–water partition coefficient (Wildman–Crippen LogP) is 3.18. The minimum Gasteiger partial charge on any atom is -0.388 e. The molecule has 0 bridgehead atoms. The Bertz CT molecular complexity index is 455. The molecule has 2 aromatic rings. The van der Waals surface area contributed by atoms with E-state index in [1.54, 1.807) is 11.3 Å². The number of hydrogen-bond acceptors (Lipinski definition) is 3. The highest BCUT2D eigenvalue weighted by Crippen LogP contribution is 2.31. The molecule has 17 heavy (non-hydrogen) atoms. The predicted molar refractivity (Wildman–Crippen MR) is 72.5 cm³/mol. The number of benzene rings is 1. The molecule has 0 aliphatic heterocycles. The van der Waals surface area contributed by atoms with E-state index >= 15 is 0 Å². The van der Waals surface area contributed by atoms with Crippen LogP contribution < -0.4 is 5.73 Å². The van der Waals surface area contributed by atoms with E-state index in [-0.39, 0.29) is 5.92 Å². The summed E-state index contributed by atoms with van der Waals surface area (Å²) in [5.41, 5.74) is 7.69. The molecule has 2 unspecified atom stereocenters. The average molecular weight is 268 g/mol. The highest BCUT2D eigenvalue weighted by atomic mass is 35.5. The second-order valence-electron chi connectivity index (χ2n) is 3.90. The number of hydrogen-bond donors (Lipinski definition) is 2. The summed E-state index contributed by atoms with van der Waals surface area (Å²) in [6, 6.07) is 9.39. The smallest absolute Gasteiger partial charge is 0.0878 e. The van der Waals surface area contributed by atoms with Crippen LogP contribution in [0.15, 0.2) is 41.1 Å². The molecule has 2 rings (SSSR count). The Morgan fingerprint density at radius 2 is 1.88 bits per heavy atom. The first-order chi connectivity index (χ1) is 8.22. The van der Waals surface area contributed by atoms with Crippen LogP contribution in [0.1, 0.15) is 23.1 Å². The van der Waals surface area contributed by atoms with E-state index in [0.717, 1.165) is 11.1 Å². The Morgan fingerprint density at radius 3 is 2.41 bits per heavy atom.